The van der Waals surface area contributed by atoms with E-state index in [9.17, 15) is 14.9 Å². The first-order valence-corrected chi connectivity index (χ1v) is 10.8. The summed E-state index contributed by atoms with van der Waals surface area (Å²) in [6.07, 6.45) is 2.33. The minimum atomic E-state index is -0.507. The highest BCUT2D eigenvalue weighted by atomic mass is 16.6. The third-order valence-corrected chi connectivity index (χ3v) is 5.99. The fraction of sp³-hybridized carbons (Fsp3) is 0.250. The van der Waals surface area contributed by atoms with Gasteiger partial charge in [0.15, 0.2) is 0 Å². The maximum Gasteiger partial charge on any atom is 0.414 e. The van der Waals surface area contributed by atoms with E-state index in [4.69, 9.17) is 4.74 Å². The second-order valence-electron chi connectivity index (χ2n) is 8.04. The minimum Gasteiger partial charge on any atom is -0.447 e. The molecule has 1 amide bonds. The Hall–Kier alpha value is -4.14. The maximum atomic E-state index is 12.0. The number of nitrogens with zero attached hydrogens (tertiary/aromatic N) is 4. The SMILES string of the molecule is O=C1OCCN1c1cc([N+](=O)[O-])ccc1NCc1ccc(N2CCc3ccccc3C2)nc1. The lowest BCUT2D eigenvalue weighted by molar-refractivity contribution is -0.384. The fourth-order valence-electron chi connectivity index (χ4n) is 4.22. The van der Waals surface area contributed by atoms with Gasteiger partial charge in [-0.05, 0) is 35.2 Å². The van der Waals surface area contributed by atoms with Crippen LogP contribution in [0.3, 0.4) is 0 Å². The van der Waals surface area contributed by atoms with Gasteiger partial charge in [0.25, 0.3) is 5.69 Å². The fourth-order valence-corrected chi connectivity index (χ4v) is 4.22. The summed E-state index contributed by atoms with van der Waals surface area (Å²) in [6.45, 7) is 2.85. The second-order valence-corrected chi connectivity index (χ2v) is 8.04. The first kappa shape index (κ1) is 20.7. The molecule has 0 unspecified atom stereocenters. The van der Waals surface area contributed by atoms with Crippen molar-refractivity contribution in [3.05, 3.63) is 87.6 Å². The molecule has 9 heteroatoms. The van der Waals surface area contributed by atoms with Gasteiger partial charge in [0, 0.05) is 38.0 Å². The molecule has 1 N–H and O–H groups in total. The number of ether oxygens (including phenoxy) is 1. The summed E-state index contributed by atoms with van der Waals surface area (Å²) < 4.78 is 5.01. The van der Waals surface area contributed by atoms with Crippen LogP contribution in [0, 0.1) is 10.1 Å². The van der Waals surface area contributed by atoms with Crippen LogP contribution < -0.4 is 15.1 Å². The molecule has 2 aliphatic rings. The van der Waals surface area contributed by atoms with Crippen LogP contribution in [0.5, 0.6) is 0 Å². The van der Waals surface area contributed by atoms with E-state index in [0.29, 0.717) is 24.5 Å². The van der Waals surface area contributed by atoms with Crippen molar-refractivity contribution in [2.24, 2.45) is 0 Å². The Labute approximate surface area is 190 Å². The largest absolute Gasteiger partial charge is 0.447 e. The van der Waals surface area contributed by atoms with Crippen LogP contribution in [0.2, 0.25) is 0 Å². The first-order chi connectivity index (χ1) is 16.1. The third-order valence-electron chi connectivity index (χ3n) is 5.99. The molecule has 1 saturated heterocycles. The van der Waals surface area contributed by atoms with Crippen molar-refractivity contribution in [1.82, 2.24) is 4.98 Å². The number of nitro benzene ring substituents is 1. The summed E-state index contributed by atoms with van der Waals surface area (Å²) >= 11 is 0. The van der Waals surface area contributed by atoms with Gasteiger partial charge >= 0.3 is 6.09 Å². The molecule has 0 aliphatic carbocycles. The average molecular weight is 445 g/mol. The third kappa shape index (κ3) is 4.30. The normalized spacial score (nSPS) is 15.2. The smallest absolute Gasteiger partial charge is 0.414 e. The van der Waals surface area contributed by atoms with Crippen molar-refractivity contribution in [2.75, 3.05) is 34.8 Å². The summed E-state index contributed by atoms with van der Waals surface area (Å²) in [6, 6.07) is 17.0. The van der Waals surface area contributed by atoms with Gasteiger partial charge in [0.1, 0.15) is 12.4 Å². The summed E-state index contributed by atoms with van der Waals surface area (Å²) in [7, 11) is 0. The molecule has 3 aromatic rings. The number of amides is 1. The Morgan fingerprint density at radius 2 is 1.94 bits per heavy atom. The van der Waals surface area contributed by atoms with Crippen molar-refractivity contribution in [2.45, 2.75) is 19.5 Å². The number of nitrogens with one attached hydrogen (secondary N) is 1. The van der Waals surface area contributed by atoms with Gasteiger partial charge in [-0.1, -0.05) is 30.3 Å². The van der Waals surface area contributed by atoms with Crippen molar-refractivity contribution < 1.29 is 14.5 Å². The van der Waals surface area contributed by atoms with Crippen LogP contribution >= 0.6 is 0 Å². The molecule has 9 nitrogen and oxygen atoms in total. The van der Waals surface area contributed by atoms with E-state index in [1.165, 1.54) is 28.2 Å². The lowest BCUT2D eigenvalue weighted by Gasteiger charge is -2.29. The number of carbonyl (C=O) groups is 1. The number of cyclic esters (lactones) is 1. The number of nitro groups is 1. The van der Waals surface area contributed by atoms with E-state index in [1.807, 2.05) is 18.3 Å². The number of hydrogen-bond acceptors (Lipinski definition) is 7. The van der Waals surface area contributed by atoms with Gasteiger partial charge in [0.2, 0.25) is 0 Å². The lowest BCUT2D eigenvalue weighted by Crippen LogP contribution is -2.30. The monoisotopic (exact) mass is 445 g/mol. The van der Waals surface area contributed by atoms with Gasteiger partial charge in [-0.3, -0.25) is 15.0 Å². The zero-order valence-corrected chi connectivity index (χ0v) is 17.9. The molecule has 33 heavy (non-hydrogen) atoms. The molecule has 0 spiro atoms. The number of benzene rings is 2. The van der Waals surface area contributed by atoms with Crippen LogP contribution in [0.25, 0.3) is 0 Å². The number of aromatic nitrogens is 1. The van der Waals surface area contributed by atoms with Gasteiger partial charge in [-0.15, -0.1) is 0 Å². The van der Waals surface area contributed by atoms with Crippen LogP contribution in [0.4, 0.5) is 27.7 Å². The summed E-state index contributed by atoms with van der Waals surface area (Å²) in [5.74, 6) is 0.934. The first-order valence-electron chi connectivity index (χ1n) is 10.8. The Morgan fingerprint density at radius 1 is 1.09 bits per heavy atom. The average Bonchev–Trinajstić information content (AvgIpc) is 3.28. The molecule has 2 aromatic carbocycles. The Morgan fingerprint density at radius 3 is 2.67 bits per heavy atom. The van der Waals surface area contributed by atoms with Crippen molar-refractivity contribution >= 4 is 29.0 Å². The van der Waals surface area contributed by atoms with Crippen LogP contribution in [0.15, 0.2) is 60.8 Å². The quantitative estimate of drug-likeness (QED) is 0.450. The van der Waals surface area contributed by atoms with Crippen LogP contribution in [-0.2, 0) is 24.2 Å². The van der Waals surface area contributed by atoms with E-state index in [2.05, 4.69) is 39.5 Å². The maximum absolute atomic E-state index is 12.0. The number of non-ortho nitro benzene ring substituents is 1. The molecule has 0 bridgehead atoms. The molecule has 0 saturated carbocycles. The number of pyridine rings is 1. The molecular weight excluding hydrogens is 422 g/mol. The van der Waals surface area contributed by atoms with E-state index < -0.39 is 11.0 Å². The van der Waals surface area contributed by atoms with Gasteiger partial charge in [0.05, 0.1) is 22.8 Å². The Bertz CT molecular complexity index is 1200. The highest BCUT2D eigenvalue weighted by molar-refractivity contribution is 5.94. The minimum absolute atomic E-state index is 0.0793. The predicted molar refractivity (Wildman–Crippen MR) is 125 cm³/mol. The number of anilines is 3. The molecule has 1 fully saturated rings. The molecular formula is C24H23N5O4. The Kier molecular flexibility index (Phi) is 5.52. The zero-order valence-electron chi connectivity index (χ0n) is 17.9. The van der Waals surface area contributed by atoms with Crippen molar-refractivity contribution in [1.29, 1.82) is 0 Å². The van der Waals surface area contributed by atoms with Crippen molar-refractivity contribution in [3.63, 3.8) is 0 Å². The summed E-state index contributed by atoms with van der Waals surface area (Å²) in [4.78, 5) is 31.1. The molecule has 5 rings (SSSR count). The number of rotatable bonds is 6. The van der Waals surface area contributed by atoms with E-state index in [-0.39, 0.29) is 12.3 Å². The molecule has 3 heterocycles. The summed E-state index contributed by atoms with van der Waals surface area (Å²) in [5.41, 5.74) is 4.67. The number of carbonyl (C=O) groups excluding carboxylic acids is 1. The topological polar surface area (TPSA) is 101 Å². The van der Waals surface area contributed by atoms with E-state index in [1.54, 1.807) is 6.07 Å². The lowest BCUT2D eigenvalue weighted by atomic mass is 10.00. The summed E-state index contributed by atoms with van der Waals surface area (Å²) in [5, 5.41) is 14.5. The highest BCUT2D eigenvalue weighted by Gasteiger charge is 2.27. The highest BCUT2D eigenvalue weighted by Crippen LogP contribution is 2.32. The standard InChI is InChI=1S/C24H23N5O4/c30-24-28(11-12-33-24)22-13-20(29(31)32)6-7-21(22)25-14-17-5-8-23(26-15-17)27-10-9-18-3-1-2-4-19(18)16-27/h1-8,13,15,25H,9-12,14,16H2. The molecule has 168 valence electrons. The Balaban J connectivity index is 1.29. The molecule has 2 aliphatic heterocycles. The number of hydrogen-bond donors (Lipinski definition) is 1. The predicted octanol–water partition coefficient (Wildman–Crippen LogP) is 4.12. The van der Waals surface area contributed by atoms with Crippen LogP contribution in [-0.4, -0.2) is 35.7 Å². The van der Waals surface area contributed by atoms with Gasteiger partial charge in [-0.25, -0.2) is 9.78 Å². The number of fused-ring (bicyclic) bond motifs is 1. The van der Waals surface area contributed by atoms with E-state index in [0.717, 1.165) is 30.9 Å². The van der Waals surface area contributed by atoms with Gasteiger partial charge in [-0.2, -0.15) is 0 Å². The van der Waals surface area contributed by atoms with Gasteiger partial charge < -0.3 is 15.0 Å². The molecule has 0 atom stereocenters. The zero-order chi connectivity index (χ0) is 22.8. The molecule has 0 radical (unpaired) electrons. The van der Waals surface area contributed by atoms with E-state index >= 15 is 0 Å². The second kappa shape index (κ2) is 8.78. The van der Waals surface area contributed by atoms with Crippen molar-refractivity contribution in [3.8, 4) is 0 Å². The van der Waals surface area contributed by atoms with Crippen LogP contribution in [0.1, 0.15) is 16.7 Å². The molecule has 1 aromatic heterocycles.